The zero-order valence-electron chi connectivity index (χ0n) is 14.3. The van der Waals surface area contributed by atoms with E-state index in [1.165, 1.54) is 13.0 Å². The van der Waals surface area contributed by atoms with Gasteiger partial charge in [-0.1, -0.05) is 24.3 Å². The van der Waals surface area contributed by atoms with Gasteiger partial charge in [0.1, 0.15) is 5.69 Å². The van der Waals surface area contributed by atoms with Crippen molar-refractivity contribution in [3.8, 4) is 0 Å². The van der Waals surface area contributed by atoms with Crippen LogP contribution in [0.3, 0.4) is 0 Å². The molecule has 26 heavy (non-hydrogen) atoms. The van der Waals surface area contributed by atoms with Gasteiger partial charge in [-0.2, -0.15) is 5.10 Å². The Hall–Kier alpha value is -3.48. The largest absolute Gasteiger partial charge is 0.375 e. The summed E-state index contributed by atoms with van der Waals surface area (Å²) in [6.45, 7) is 2.53. The summed E-state index contributed by atoms with van der Waals surface area (Å²) in [6, 6.07) is 14.3. The van der Waals surface area contributed by atoms with Crippen LogP contribution in [0.15, 0.2) is 60.9 Å². The highest BCUT2D eigenvalue weighted by molar-refractivity contribution is 5.95. The third kappa shape index (κ3) is 4.13. The normalized spacial score (nSPS) is 10.5. The van der Waals surface area contributed by atoms with Gasteiger partial charge in [0, 0.05) is 30.6 Å². The van der Waals surface area contributed by atoms with Crippen LogP contribution in [-0.2, 0) is 13.1 Å². The summed E-state index contributed by atoms with van der Waals surface area (Å²) in [5, 5.41) is 18.5. The zero-order chi connectivity index (χ0) is 18.5. The lowest BCUT2D eigenvalue weighted by Gasteiger charge is -2.09. The lowest BCUT2D eigenvalue weighted by Crippen LogP contribution is -2.05. The van der Waals surface area contributed by atoms with Gasteiger partial charge in [-0.25, -0.2) is 0 Å². The van der Waals surface area contributed by atoms with Crippen LogP contribution in [0.1, 0.15) is 28.4 Å². The number of rotatable bonds is 7. The number of nitrogens with one attached hydrogen (secondary N) is 1. The van der Waals surface area contributed by atoms with Crippen molar-refractivity contribution in [2.75, 3.05) is 5.32 Å². The summed E-state index contributed by atoms with van der Waals surface area (Å²) in [6.07, 6.45) is 3.64. The first-order chi connectivity index (χ1) is 12.5. The highest BCUT2D eigenvalue weighted by Crippen LogP contribution is 2.26. The summed E-state index contributed by atoms with van der Waals surface area (Å²) in [5.74, 6) is -0.201. The zero-order valence-corrected chi connectivity index (χ0v) is 14.3. The van der Waals surface area contributed by atoms with Gasteiger partial charge in [-0.05, 0) is 36.2 Å². The highest BCUT2D eigenvalue weighted by Gasteiger charge is 2.15. The van der Waals surface area contributed by atoms with E-state index in [1.807, 2.05) is 41.2 Å². The summed E-state index contributed by atoms with van der Waals surface area (Å²) in [4.78, 5) is 22.2. The van der Waals surface area contributed by atoms with Crippen molar-refractivity contribution >= 4 is 17.2 Å². The lowest BCUT2D eigenvalue weighted by atomic mass is 10.1. The second-order valence-corrected chi connectivity index (χ2v) is 5.92. The number of nitro benzene ring substituents is 1. The molecule has 0 spiro atoms. The minimum atomic E-state index is -0.484. The van der Waals surface area contributed by atoms with E-state index in [9.17, 15) is 14.9 Å². The predicted octanol–water partition coefficient (Wildman–Crippen LogP) is 3.65. The van der Waals surface area contributed by atoms with Crippen molar-refractivity contribution in [2.24, 2.45) is 0 Å². The van der Waals surface area contributed by atoms with Gasteiger partial charge in [0.2, 0.25) is 0 Å². The smallest absolute Gasteiger partial charge is 0.293 e. The molecule has 0 aliphatic carbocycles. The molecule has 0 fully saturated rings. The number of ketones is 1. The van der Waals surface area contributed by atoms with Crippen molar-refractivity contribution in [1.29, 1.82) is 0 Å². The van der Waals surface area contributed by atoms with E-state index in [0.29, 0.717) is 24.3 Å². The average molecular weight is 350 g/mol. The Kier molecular flexibility index (Phi) is 5.07. The van der Waals surface area contributed by atoms with E-state index < -0.39 is 4.92 Å². The van der Waals surface area contributed by atoms with Crippen LogP contribution in [0.2, 0.25) is 0 Å². The van der Waals surface area contributed by atoms with Gasteiger partial charge in [0.15, 0.2) is 5.78 Å². The second kappa shape index (κ2) is 7.60. The molecule has 0 aliphatic rings. The number of hydrogen-bond donors (Lipinski definition) is 1. The second-order valence-electron chi connectivity index (χ2n) is 5.92. The van der Waals surface area contributed by atoms with Crippen LogP contribution in [0.5, 0.6) is 0 Å². The standard InChI is InChI=1S/C19H18N4O3/c1-14(24)17-7-8-18(19(11-17)23(25)26)20-12-15-3-5-16(6-4-15)13-22-10-2-9-21-22/h2-11,20H,12-13H2,1H3. The Morgan fingerprint density at radius 2 is 1.92 bits per heavy atom. The Morgan fingerprint density at radius 3 is 2.54 bits per heavy atom. The number of hydrogen-bond acceptors (Lipinski definition) is 5. The molecule has 0 saturated carbocycles. The lowest BCUT2D eigenvalue weighted by molar-refractivity contribution is -0.384. The van der Waals surface area contributed by atoms with Crippen molar-refractivity contribution in [3.05, 3.63) is 87.7 Å². The molecule has 0 saturated heterocycles. The number of benzene rings is 2. The number of carbonyl (C=O) groups excluding carboxylic acids is 1. The summed E-state index contributed by atoms with van der Waals surface area (Å²) in [7, 11) is 0. The van der Waals surface area contributed by atoms with Gasteiger partial charge in [-0.15, -0.1) is 0 Å². The predicted molar refractivity (Wildman–Crippen MR) is 98.2 cm³/mol. The number of aromatic nitrogens is 2. The van der Waals surface area contributed by atoms with Crippen molar-refractivity contribution in [1.82, 2.24) is 9.78 Å². The molecule has 0 unspecified atom stereocenters. The molecular weight excluding hydrogens is 332 g/mol. The number of nitro groups is 1. The third-order valence-corrected chi connectivity index (χ3v) is 4.01. The average Bonchev–Trinajstić information content (AvgIpc) is 3.14. The number of anilines is 1. The Morgan fingerprint density at radius 1 is 1.19 bits per heavy atom. The van der Waals surface area contributed by atoms with Gasteiger partial charge < -0.3 is 5.32 Å². The van der Waals surface area contributed by atoms with E-state index >= 15 is 0 Å². The van der Waals surface area contributed by atoms with E-state index in [1.54, 1.807) is 18.3 Å². The summed E-state index contributed by atoms with van der Waals surface area (Å²) in [5.41, 5.74) is 2.73. The van der Waals surface area contributed by atoms with Gasteiger partial charge >= 0.3 is 0 Å². The highest BCUT2D eigenvalue weighted by atomic mass is 16.6. The fourth-order valence-electron chi connectivity index (χ4n) is 2.59. The van der Waals surface area contributed by atoms with E-state index in [2.05, 4.69) is 10.4 Å². The molecule has 0 radical (unpaired) electrons. The number of nitrogens with zero attached hydrogens (tertiary/aromatic N) is 3. The molecule has 0 aliphatic heterocycles. The quantitative estimate of drug-likeness (QED) is 0.399. The molecule has 1 heterocycles. The molecular formula is C19H18N4O3. The molecule has 2 aromatic carbocycles. The fourth-order valence-corrected chi connectivity index (χ4v) is 2.59. The monoisotopic (exact) mass is 350 g/mol. The van der Waals surface area contributed by atoms with Gasteiger partial charge in [-0.3, -0.25) is 19.6 Å². The molecule has 7 heteroatoms. The molecule has 7 nitrogen and oxygen atoms in total. The molecule has 0 amide bonds. The first kappa shape index (κ1) is 17.3. The topological polar surface area (TPSA) is 90.1 Å². The Bertz CT molecular complexity index is 918. The molecule has 3 rings (SSSR count). The first-order valence-electron chi connectivity index (χ1n) is 8.11. The van der Waals surface area contributed by atoms with Crippen LogP contribution in [-0.4, -0.2) is 20.5 Å². The Balaban J connectivity index is 1.68. The van der Waals surface area contributed by atoms with Crippen LogP contribution in [0, 0.1) is 10.1 Å². The van der Waals surface area contributed by atoms with Crippen LogP contribution < -0.4 is 5.32 Å². The summed E-state index contributed by atoms with van der Waals surface area (Å²) >= 11 is 0. The molecule has 3 aromatic rings. The number of carbonyl (C=O) groups is 1. The van der Waals surface area contributed by atoms with Crippen molar-refractivity contribution in [3.63, 3.8) is 0 Å². The SMILES string of the molecule is CC(=O)c1ccc(NCc2ccc(Cn3cccn3)cc2)c([N+](=O)[O-])c1. The van der Waals surface area contributed by atoms with Crippen LogP contribution in [0.4, 0.5) is 11.4 Å². The number of Topliss-reactive ketones (excluding diaryl/α,β-unsaturated/α-hetero) is 1. The van der Waals surface area contributed by atoms with Gasteiger partial charge in [0.25, 0.3) is 5.69 Å². The minimum absolute atomic E-state index is 0.104. The summed E-state index contributed by atoms with van der Waals surface area (Å²) < 4.78 is 1.84. The third-order valence-electron chi connectivity index (χ3n) is 4.01. The maximum Gasteiger partial charge on any atom is 0.293 e. The maximum atomic E-state index is 11.4. The van der Waals surface area contributed by atoms with E-state index in [4.69, 9.17) is 0 Å². The minimum Gasteiger partial charge on any atom is -0.375 e. The maximum absolute atomic E-state index is 11.4. The molecule has 0 bridgehead atoms. The molecule has 1 N–H and O–H groups in total. The van der Waals surface area contributed by atoms with E-state index in [0.717, 1.165) is 11.1 Å². The van der Waals surface area contributed by atoms with Crippen molar-refractivity contribution < 1.29 is 9.72 Å². The fraction of sp³-hybridized carbons (Fsp3) is 0.158. The molecule has 0 atom stereocenters. The molecule has 1 aromatic heterocycles. The van der Waals surface area contributed by atoms with E-state index in [-0.39, 0.29) is 11.5 Å². The van der Waals surface area contributed by atoms with Gasteiger partial charge in [0.05, 0.1) is 11.5 Å². The van der Waals surface area contributed by atoms with Crippen LogP contribution >= 0.6 is 0 Å². The van der Waals surface area contributed by atoms with Crippen molar-refractivity contribution in [2.45, 2.75) is 20.0 Å². The van der Waals surface area contributed by atoms with Crippen LogP contribution in [0.25, 0.3) is 0 Å². The molecule has 132 valence electrons. The Labute approximate surface area is 150 Å². The first-order valence-corrected chi connectivity index (χ1v) is 8.11.